The normalized spacial score (nSPS) is 10.5. The van der Waals surface area contributed by atoms with E-state index in [1.165, 1.54) is 19.0 Å². The van der Waals surface area contributed by atoms with Crippen molar-refractivity contribution < 1.29 is 5.03 Å². The Morgan fingerprint density at radius 3 is 2.45 bits per heavy atom. The molecule has 0 aliphatic carbocycles. The number of hydrogen-bond donors (Lipinski definition) is 1. The fourth-order valence-electron chi connectivity index (χ4n) is 0.332. The Hall–Kier alpha value is -1.73. The van der Waals surface area contributed by atoms with Gasteiger partial charge in [-0.15, -0.1) is 4.91 Å². The molecule has 11 heavy (non-hydrogen) atoms. The molecule has 62 valence electrons. The van der Waals surface area contributed by atoms with Gasteiger partial charge in [0, 0.05) is 14.1 Å². The Labute approximate surface area is 62.0 Å². The first-order valence-corrected chi connectivity index (χ1v) is 2.56. The van der Waals surface area contributed by atoms with Crippen molar-refractivity contribution in [1.29, 1.82) is 0 Å². The van der Waals surface area contributed by atoms with Gasteiger partial charge in [-0.25, -0.2) is 10.1 Å². The second kappa shape index (κ2) is 4.14. The topological polar surface area (TPSA) is 100 Å². The standard InChI is InChI=1S/C3H7N5O3/c1-7(2)3(4-6-9)5-8(10)11/h1-2H3,(H,4,5,9). The van der Waals surface area contributed by atoms with Gasteiger partial charge in [-0.3, -0.25) is 0 Å². The van der Waals surface area contributed by atoms with E-state index in [-0.39, 0.29) is 5.96 Å². The number of nitroso groups, excluding NO2 is 1. The summed E-state index contributed by atoms with van der Waals surface area (Å²) in [6, 6.07) is 0. The monoisotopic (exact) mass is 161 g/mol. The van der Waals surface area contributed by atoms with E-state index in [9.17, 15) is 15.0 Å². The molecule has 0 aliphatic heterocycles. The number of hydrazine groups is 1. The van der Waals surface area contributed by atoms with Gasteiger partial charge in [0.05, 0.1) is 5.29 Å². The van der Waals surface area contributed by atoms with Crippen molar-refractivity contribution in [3.8, 4) is 0 Å². The molecule has 0 unspecified atom stereocenters. The van der Waals surface area contributed by atoms with E-state index >= 15 is 0 Å². The molecular weight excluding hydrogens is 154 g/mol. The summed E-state index contributed by atoms with van der Waals surface area (Å²) in [6.07, 6.45) is 0. The van der Waals surface area contributed by atoms with Crippen LogP contribution in [0.5, 0.6) is 0 Å². The zero-order valence-corrected chi connectivity index (χ0v) is 6.01. The predicted octanol–water partition coefficient (Wildman–Crippen LogP) is -0.633. The van der Waals surface area contributed by atoms with Crippen molar-refractivity contribution in [2.45, 2.75) is 0 Å². The molecule has 8 nitrogen and oxygen atoms in total. The summed E-state index contributed by atoms with van der Waals surface area (Å²) in [4.78, 5) is 20.7. The molecule has 0 aromatic heterocycles. The Kier molecular flexibility index (Phi) is 3.49. The second-order valence-electron chi connectivity index (χ2n) is 1.77. The summed E-state index contributed by atoms with van der Waals surface area (Å²) in [7, 11) is 2.97. The van der Waals surface area contributed by atoms with Gasteiger partial charge >= 0.3 is 0 Å². The highest BCUT2D eigenvalue weighted by molar-refractivity contribution is 5.77. The van der Waals surface area contributed by atoms with Crippen LogP contribution in [0.25, 0.3) is 0 Å². The summed E-state index contributed by atoms with van der Waals surface area (Å²) < 4.78 is 0. The van der Waals surface area contributed by atoms with Crippen molar-refractivity contribution in [2.75, 3.05) is 14.1 Å². The second-order valence-corrected chi connectivity index (χ2v) is 1.77. The van der Waals surface area contributed by atoms with Crippen LogP contribution in [0, 0.1) is 15.0 Å². The lowest BCUT2D eigenvalue weighted by atomic mass is 10.8. The first kappa shape index (κ1) is 9.27. The smallest absolute Gasteiger partial charge is 0.283 e. The Morgan fingerprint density at radius 1 is 1.64 bits per heavy atom. The van der Waals surface area contributed by atoms with Crippen molar-refractivity contribution in [1.82, 2.24) is 10.3 Å². The van der Waals surface area contributed by atoms with Gasteiger partial charge in [0.2, 0.25) is 0 Å². The van der Waals surface area contributed by atoms with Gasteiger partial charge in [0.25, 0.3) is 5.96 Å². The molecule has 0 saturated heterocycles. The molecule has 0 aliphatic rings. The van der Waals surface area contributed by atoms with E-state index < -0.39 is 5.03 Å². The Morgan fingerprint density at radius 2 is 2.18 bits per heavy atom. The lowest BCUT2D eigenvalue weighted by Gasteiger charge is -2.08. The zero-order valence-electron chi connectivity index (χ0n) is 6.01. The van der Waals surface area contributed by atoms with Crippen LogP contribution >= 0.6 is 0 Å². The summed E-state index contributed by atoms with van der Waals surface area (Å²) in [6.45, 7) is 0. The van der Waals surface area contributed by atoms with Crippen LogP contribution in [-0.4, -0.2) is 30.0 Å². The van der Waals surface area contributed by atoms with Crippen LogP contribution in [-0.2, 0) is 0 Å². The number of rotatable bonds is 2. The van der Waals surface area contributed by atoms with Gasteiger partial charge in [0.1, 0.15) is 0 Å². The van der Waals surface area contributed by atoms with Crippen LogP contribution in [0.3, 0.4) is 0 Å². The van der Waals surface area contributed by atoms with E-state index in [1.807, 2.05) is 0 Å². The highest BCUT2D eigenvalue weighted by Crippen LogP contribution is 1.80. The molecule has 0 rings (SSSR count). The summed E-state index contributed by atoms with van der Waals surface area (Å²) in [5, 5.41) is 14.1. The molecule has 0 aromatic rings. The highest BCUT2D eigenvalue weighted by Gasteiger charge is 2.06. The van der Waals surface area contributed by atoms with Gasteiger partial charge in [-0.2, -0.15) is 0 Å². The predicted molar refractivity (Wildman–Crippen MR) is 37.0 cm³/mol. The molecule has 1 N–H and O–H groups in total. The van der Waals surface area contributed by atoms with Crippen LogP contribution in [0.15, 0.2) is 10.4 Å². The lowest BCUT2D eigenvalue weighted by molar-refractivity contribution is -0.526. The maximum Gasteiger partial charge on any atom is 0.283 e. The molecule has 0 aromatic carbocycles. The number of nitro groups is 1. The minimum absolute atomic E-state index is 0.218. The zero-order chi connectivity index (χ0) is 8.85. The maximum absolute atomic E-state index is 9.83. The number of guanidine groups is 1. The minimum atomic E-state index is -0.829. The minimum Gasteiger partial charge on any atom is -0.343 e. The fraction of sp³-hybridized carbons (Fsp3) is 0.667. The van der Waals surface area contributed by atoms with Crippen LogP contribution in [0.2, 0.25) is 0 Å². The fourth-order valence-corrected chi connectivity index (χ4v) is 0.332. The molecule has 0 spiro atoms. The summed E-state index contributed by atoms with van der Waals surface area (Å²) in [5.41, 5.74) is 1.68. The first-order valence-electron chi connectivity index (χ1n) is 2.56. The molecule has 0 saturated carbocycles. The van der Waals surface area contributed by atoms with Crippen molar-refractivity contribution in [3.05, 3.63) is 15.0 Å². The molecule has 8 heteroatoms. The van der Waals surface area contributed by atoms with Crippen LogP contribution in [0.1, 0.15) is 0 Å². The maximum atomic E-state index is 9.83. The Bertz CT molecular complexity index is 187. The van der Waals surface area contributed by atoms with Crippen LogP contribution < -0.4 is 5.43 Å². The summed E-state index contributed by atoms with van der Waals surface area (Å²) in [5.74, 6) is -0.218. The SMILES string of the molecule is CN(C)C(=NN=O)N[N+](=O)[O-]. The Balaban J connectivity index is 4.23. The van der Waals surface area contributed by atoms with Gasteiger partial charge < -0.3 is 4.90 Å². The molecule has 0 heterocycles. The first-order chi connectivity index (χ1) is 5.07. The van der Waals surface area contributed by atoms with Gasteiger partial charge in [0.15, 0.2) is 5.03 Å². The van der Waals surface area contributed by atoms with Gasteiger partial charge in [-0.1, -0.05) is 10.5 Å². The third kappa shape index (κ3) is 3.78. The third-order valence-corrected chi connectivity index (χ3v) is 0.750. The number of nitrogens with one attached hydrogen (secondary N) is 1. The van der Waals surface area contributed by atoms with Crippen molar-refractivity contribution >= 4 is 5.96 Å². The van der Waals surface area contributed by atoms with Crippen molar-refractivity contribution in [2.24, 2.45) is 10.4 Å². The van der Waals surface area contributed by atoms with E-state index in [0.29, 0.717) is 0 Å². The quantitative estimate of drug-likeness (QED) is 0.191. The van der Waals surface area contributed by atoms with Crippen LogP contribution in [0.4, 0.5) is 0 Å². The van der Waals surface area contributed by atoms with Crippen molar-refractivity contribution in [3.63, 3.8) is 0 Å². The summed E-state index contributed by atoms with van der Waals surface area (Å²) >= 11 is 0. The number of hydrogen-bond acceptors (Lipinski definition) is 4. The van der Waals surface area contributed by atoms with E-state index in [4.69, 9.17) is 0 Å². The largest absolute Gasteiger partial charge is 0.343 e. The molecule has 0 fully saturated rings. The molecule has 0 radical (unpaired) electrons. The average molecular weight is 161 g/mol. The van der Waals surface area contributed by atoms with Gasteiger partial charge in [-0.05, 0) is 0 Å². The lowest BCUT2D eigenvalue weighted by Crippen LogP contribution is -2.39. The molecule has 0 atom stereocenters. The van der Waals surface area contributed by atoms with E-state index in [1.54, 1.807) is 5.43 Å². The average Bonchev–Trinajstić information content (AvgIpc) is 1.86. The molecular formula is C3H7N5O3. The van der Waals surface area contributed by atoms with E-state index in [2.05, 4.69) is 10.4 Å². The van der Waals surface area contributed by atoms with E-state index in [0.717, 1.165) is 0 Å². The highest BCUT2D eigenvalue weighted by atomic mass is 16.7. The molecule has 0 bridgehead atoms. The number of nitrogens with zero attached hydrogens (tertiary/aromatic N) is 4. The third-order valence-electron chi connectivity index (χ3n) is 0.750. The molecule has 0 amide bonds.